The van der Waals surface area contributed by atoms with Crippen molar-refractivity contribution in [1.29, 1.82) is 0 Å². The average molecular weight is 720 g/mol. The van der Waals surface area contributed by atoms with Gasteiger partial charge in [-0.15, -0.1) is 11.3 Å². The first-order chi connectivity index (χ1) is 27.3. The van der Waals surface area contributed by atoms with Gasteiger partial charge in [0, 0.05) is 37.6 Å². The van der Waals surface area contributed by atoms with E-state index < -0.39 is 0 Å². The lowest BCUT2D eigenvalue weighted by Gasteiger charge is -2.27. The number of benzene rings is 9. The minimum absolute atomic E-state index is 0.886. The number of hydrogen-bond donors (Lipinski definition) is 0. The van der Waals surface area contributed by atoms with E-state index in [1.807, 2.05) is 23.5 Å². The highest BCUT2D eigenvalue weighted by Gasteiger charge is 2.21. The van der Waals surface area contributed by atoms with Crippen molar-refractivity contribution in [3.63, 3.8) is 0 Å². The SMILES string of the molecule is c1ccc(-c2ccc(N(c3ccc(-c4cccc5ccccc45)c(-c4ccc5c(c4)oc4ccccc45)c3)c3cccc4c3sc3ccccc34)cc2)cc1. The fourth-order valence-corrected chi connectivity index (χ4v) is 9.47. The van der Waals surface area contributed by atoms with E-state index in [1.165, 1.54) is 53.2 Å². The summed E-state index contributed by atoms with van der Waals surface area (Å²) in [6.07, 6.45) is 0. The molecule has 0 aliphatic carbocycles. The molecule has 2 aromatic heterocycles. The van der Waals surface area contributed by atoms with Gasteiger partial charge in [0.1, 0.15) is 11.2 Å². The summed E-state index contributed by atoms with van der Waals surface area (Å²) in [6.45, 7) is 0. The minimum atomic E-state index is 0.886. The van der Waals surface area contributed by atoms with Gasteiger partial charge in [0.05, 0.1) is 10.4 Å². The normalized spacial score (nSPS) is 11.6. The van der Waals surface area contributed by atoms with Crippen LogP contribution in [0.5, 0.6) is 0 Å². The molecule has 11 aromatic rings. The predicted molar refractivity (Wildman–Crippen MR) is 235 cm³/mol. The van der Waals surface area contributed by atoms with Crippen molar-refractivity contribution in [1.82, 2.24) is 0 Å². The van der Waals surface area contributed by atoms with Crippen LogP contribution in [0.2, 0.25) is 0 Å². The minimum Gasteiger partial charge on any atom is -0.456 e. The standard InChI is InChI=1S/C52H33NOS/c1-2-12-34(13-3-1)35-24-27-38(28-25-35)53(48-21-11-20-46-45-18-7-9-23-51(45)55-52(46)48)39-29-31-42(41-19-10-15-36-14-4-5-16-40(36)41)47(33-39)37-26-30-44-43-17-6-8-22-49(43)54-50(44)32-37/h1-33H. The van der Waals surface area contributed by atoms with Gasteiger partial charge in [-0.05, 0) is 98.8 Å². The number of furan rings is 1. The van der Waals surface area contributed by atoms with E-state index in [2.05, 4.69) is 193 Å². The summed E-state index contributed by atoms with van der Waals surface area (Å²) in [6, 6.07) is 72.3. The number of fused-ring (bicyclic) bond motifs is 7. The summed E-state index contributed by atoms with van der Waals surface area (Å²) in [4.78, 5) is 2.43. The fraction of sp³-hybridized carbons (Fsp3) is 0. The van der Waals surface area contributed by atoms with Crippen LogP contribution in [0.4, 0.5) is 17.1 Å². The van der Waals surface area contributed by atoms with Crippen LogP contribution in [0, 0.1) is 0 Å². The molecule has 0 saturated carbocycles. The Kier molecular flexibility index (Phi) is 7.39. The second-order valence-electron chi connectivity index (χ2n) is 14.1. The monoisotopic (exact) mass is 719 g/mol. The van der Waals surface area contributed by atoms with E-state index in [0.717, 1.165) is 50.1 Å². The second-order valence-corrected chi connectivity index (χ2v) is 15.1. The molecule has 0 unspecified atom stereocenters. The molecule has 11 rings (SSSR count). The van der Waals surface area contributed by atoms with Crippen LogP contribution >= 0.6 is 11.3 Å². The summed E-state index contributed by atoms with van der Waals surface area (Å²) in [5.74, 6) is 0. The van der Waals surface area contributed by atoms with E-state index in [9.17, 15) is 0 Å². The number of anilines is 3. The Morgan fingerprint density at radius 1 is 0.364 bits per heavy atom. The fourth-order valence-electron chi connectivity index (χ4n) is 8.27. The van der Waals surface area contributed by atoms with Crippen molar-refractivity contribution in [3.8, 4) is 33.4 Å². The largest absolute Gasteiger partial charge is 0.456 e. The quantitative estimate of drug-likeness (QED) is 0.170. The number of para-hydroxylation sites is 1. The van der Waals surface area contributed by atoms with E-state index in [1.54, 1.807) is 0 Å². The summed E-state index contributed by atoms with van der Waals surface area (Å²) < 4.78 is 9.01. The lowest BCUT2D eigenvalue weighted by molar-refractivity contribution is 0.669. The van der Waals surface area contributed by atoms with Gasteiger partial charge in [-0.1, -0.05) is 146 Å². The maximum absolute atomic E-state index is 6.46. The molecule has 0 bridgehead atoms. The zero-order valence-corrected chi connectivity index (χ0v) is 30.6. The van der Waals surface area contributed by atoms with Crippen LogP contribution in [0.1, 0.15) is 0 Å². The molecule has 55 heavy (non-hydrogen) atoms. The third kappa shape index (κ3) is 5.32. The van der Waals surface area contributed by atoms with Crippen molar-refractivity contribution < 1.29 is 4.42 Å². The van der Waals surface area contributed by atoms with Gasteiger partial charge < -0.3 is 9.32 Å². The Balaban J connectivity index is 1.17. The highest BCUT2D eigenvalue weighted by Crippen LogP contribution is 2.47. The summed E-state index contributed by atoms with van der Waals surface area (Å²) >= 11 is 1.86. The van der Waals surface area contributed by atoms with E-state index in [-0.39, 0.29) is 0 Å². The Morgan fingerprint density at radius 2 is 1.02 bits per heavy atom. The average Bonchev–Trinajstić information content (AvgIpc) is 3.83. The lowest BCUT2D eigenvalue weighted by atomic mass is 9.90. The van der Waals surface area contributed by atoms with Crippen LogP contribution in [0.3, 0.4) is 0 Å². The van der Waals surface area contributed by atoms with Crippen molar-refractivity contribution >= 4 is 81.3 Å². The van der Waals surface area contributed by atoms with Crippen LogP contribution in [-0.4, -0.2) is 0 Å². The second kappa shape index (κ2) is 12.9. The van der Waals surface area contributed by atoms with Crippen LogP contribution < -0.4 is 4.90 Å². The molecule has 2 nitrogen and oxygen atoms in total. The van der Waals surface area contributed by atoms with E-state index in [0.29, 0.717) is 0 Å². The molecule has 9 aromatic carbocycles. The summed E-state index contributed by atoms with van der Waals surface area (Å²) in [5, 5.41) is 7.26. The number of hydrogen-bond acceptors (Lipinski definition) is 3. The predicted octanol–water partition coefficient (Wildman–Crippen LogP) is 15.6. The molecular weight excluding hydrogens is 687 g/mol. The zero-order chi connectivity index (χ0) is 36.3. The van der Waals surface area contributed by atoms with Gasteiger partial charge >= 0.3 is 0 Å². The van der Waals surface area contributed by atoms with Gasteiger partial charge in [0.2, 0.25) is 0 Å². The topological polar surface area (TPSA) is 16.4 Å². The molecule has 0 spiro atoms. The van der Waals surface area contributed by atoms with Crippen molar-refractivity contribution in [3.05, 3.63) is 200 Å². The maximum atomic E-state index is 6.46. The number of nitrogens with zero attached hydrogens (tertiary/aromatic N) is 1. The molecule has 0 N–H and O–H groups in total. The molecule has 0 radical (unpaired) electrons. The highest BCUT2D eigenvalue weighted by molar-refractivity contribution is 7.26. The first kappa shape index (κ1) is 31.6. The van der Waals surface area contributed by atoms with Crippen LogP contribution in [-0.2, 0) is 0 Å². The summed E-state index contributed by atoms with van der Waals surface area (Å²) in [5.41, 5.74) is 12.2. The zero-order valence-electron chi connectivity index (χ0n) is 29.8. The van der Waals surface area contributed by atoms with Gasteiger partial charge in [-0.25, -0.2) is 0 Å². The van der Waals surface area contributed by atoms with E-state index >= 15 is 0 Å². The highest BCUT2D eigenvalue weighted by atomic mass is 32.1. The number of thiophene rings is 1. The molecule has 0 fully saturated rings. The Morgan fingerprint density at radius 3 is 1.91 bits per heavy atom. The van der Waals surface area contributed by atoms with Gasteiger partial charge in [-0.2, -0.15) is 0 Å². The smallest absolute Gasteiger partial charge is 0.136 e. The van der Waals surface area contributed by atoms with Crippen molar-refractivity contribution in [2.45, 2.75) is 0 Å². The lowest BCUT2D eigenvalue weighted by Crippen LogP contribution is -2.10. The van der Waals surface area contributed by atoms with E-state index in [4.69, 9.17) is 4.42 Å². The number of rotatable bonds is 6. The van der Waals surface area contributed by atoms with Gasteiger partial charge in [0.15, 0.2) is 0 Å². The first-order valence-corrected chi connectivity index (χ1v) is 19.5. The summed E-state index contributed by atoms with van der Waals surface area (Å²) in [7, 11) is 0. The Bertz CT molecular complexity index is 3200. The molecule has 0 amide bonds. The Hall–Kier alpha value is -6.94. The molecule has 0 atom stereocenters. The Labute approximate surface area is 322 Å². The molecule has 3 heteroatoms. The van der Waals surface area contributed by atoms with Crippen LogP contribution in [0.25, 0.3) is 86.3 Å². The van der Waals surface area contributed by atoms with Crippen molar-refractivity contribution in [2.75, 3.05) is 4.90 Å². The van der Waals surface area contributed by atoms with Crippen molar-refractivity contribution in [2.24, 2.45) is 0 Å². The molecule has 0 aliphatic rings. The molecular formula is C52H33NOS. The maximum Gasteiger partial charge on any atom is 0.136 e. The van der Waals surface area contributed by atoms with Gasteiger partial charge in [-0.3, -0.25) is 0 Å². The molecule has 0 aliphatic heterocycles. The molecule has 258 valence electrons. The third-order valence-corrected chi connectivity index (χ3v) is 12.1. The molecule has 2 heterocycles. The molecule has 0 saturated heterocycles. The van der Waals surface area contributed by atoms with Gasteiger partial charge in [0.25, 0.3) is 0 Å². The first-order valence-electron chi connectivity index (χ1n) is 18.7. The van der Waals surface area contributed by atoms with Crippen LogP contribution in [0.15, 0.2) is 205 Å². The third-order valence-electron chi connectivity index (χ3n) is 10.9.